The lowest BCUT2D eigenvalue weighted by Crippen LogP contribution is -1.65. The van der Waals surface area contributed by atoms with E-state index in [-0.39, 0.29) is 5.83 Å². The molecule has 0 saturated carbocycles. The molecule has 0 unspecified atom stereocenters. The van der Waals surface area contributed by atoms with Gasteiger partial charge in [-0.05, 0) is 27.4 Å². The molecular formula is C6H4BrFS. The highest BCUT2D eigenvalue weighted by molar-refractivity contribution is 9.10. The third kappa shape index (κ3) is 1.40. The van der Waals surface area contributed by atoms with Crippen molar-refractivity contribution in [2.45, 2.75) is 0 Å². The van der Waals surface area contributed by atoms with Gasteiger partial charge in [0.1, 0.15) is 5.83 Å². The zero-order chi connectivity index (χ0) is 6.85. The first-order valence-corrected chi connectivity index (χ1v) is 3.97. The van der Waals surface area contributed by atoms with Crippen LogP contribution in [-0.4, -0.2) is 0 Å². The summed E-state index contributed by atoms with van der Waals surface area (Å²) in [5, 5.41) is 1.81. The quantitative estimate of drug-likeness (QED) is 0.661. The Labute approximate surface area is 65.1 Å². The molecule has 1 aromatic rings. The first-order valence-electron chi connectivity index (χ1n) is 2.29. The molecular weight excluding hydrogens is 203 g/mol. The maximum absolute atomic E-state index is 12.3. The maximum atomic E-state index is 12.3. The summed E-state index contributed by atoms with van der Waals surface area (Å²) in [4.78, 5) is 0.579. The molecule has 0 aliphatic heterocycles. The van der Waals surface area contributed by atoms with E-state index in [1.165, 1.54) is 11.3 Å². The number of halogens is 2. The Balaban J connectivity index is 3.08. The highest BCUT2D eigenvalue weighted by Crippen LogP contribution is 2.28. The third-order valence-corrected chi connectivity index (χ3v) is 2.74. The molecule has 0 amide bonds. The molecule has 0 N–H and O–H groups in total. The van der Waals surface area contributed by atoms with Gasteiger partial charge >= 0.3 is 0 Å². The van der Waals surface area contributed by atoms with Gasteiger partial charge in [-0.15, -0.1) is 11.3 Å². The SMILES string of the molecule is C=C(F)c1sccc1Br. The molecule has 0 bridgehead atoms. The van der Waals surface area contributed by atoms with Crippen molar-refractivity contribution in [2.75, 3.05) is 0 Å². The van der Waals surface area contributed by atoms with E-state index in [0.717, 1.165) is 4.47 Å². The molecule has 1 rings (SSSR count). The summed E-state index contributed by atoms with van der Waals surface area (Å²) in [7, 11) is 0. The summed E-state index contributed by atoms with van der Waals surface area (Å²) in [6.45, 7) is 3.17. The zero-order valence-corrected chi connectivity index (χ0v) is 6.93. The maximum Gasteiger partial charge on any atom is 0.134 e. The van der Waals surface area contributed by atoms with Crippen LogP contribution in [0, 0.1) is 0 Å². The van der Waals surface area contributed by atoms with Crippen LogP contribution in [0.5, 0.6) is 0 Å². The van der Waals surface area contributed by atoms with Crippen molar-refractivity contribution in [3.8, 4) is 0 Å². The van der Waals surface area contributed by atoms with Crippen LogP contribution in [0.2, 0.25) is 0 Å². The minimum atomic E-state index is -0.378. The van der Waals surface area contributed by atoms with E-state index in [1.54, 1.807) is 6.07 Å². The van der Waals surface area contributed by atoms with E-state index in [1.807, 2.05) is 5.38 Å². The zero-order valence-electron chi connectivity index (χ0n) is 4.53. The fourth-order valence-corrected chi connectivity index (χ4v) is 1.94. The predicted molar refractivity (Wildman–Crippen MR) is 42.2 cm³/mol. The summed E-state index contributed by atoms with van der Waals surface area (Å²) < 4.78 is 13.1. The molecule has 48 valence electrons. The van der Waals surface area contributed by atoms with Crippen LogP contribution in [0.25, 0.3) is 5.83 Å². The van der Waals surface area contributed by atoms with Crippen LogP contribution < -0.4 is 0 Å². The van der Waals surface area contributed by atoms with E-state index in [4.69, 9.17) is 0 Å². The summed E-state index contributed by atoms with van der Waals surface area (Å²) in [6.07, 6.45) is 0. The molecule has 0 atom stereocenters. The van der Waals surface area contributed by atoms with Crippen molar-refractivity contribution in [1.82, 2.24) is 0 Å². The van der Waals surface area contributed by atoms with Gasteiger partial charge in [0.05, 0.1) is 4.88 Å². The Morgan fingerprint density at radius 1 is 1.78 bits per heavy atom. The van der Waals surface area contributed by atoms with Crippen molar-refractivity contribution in [3.63, 3.8) is 0 Å². The van der Waals surface area contributed by atoms with Crippen molar-refractivity contribution in [1.29, 1.82) is 0 Å². The smallest absolute Gasteiger partial charge is 0.134 e. The van der Waals surface area contributed by atoms with Crippen LogP contribution in [0.4, 0.5) is 4.39 Å². The van der Waals surface area contributed by atoms with Crippen LogP contribution in [0.1, 0.15) is 4.88 Å². The third-order valence-electron chi connectivity index (χ3n) is 0.864. The molecule has 0 aromatic carbocycles. The second-order valence-corrected chi connectivity index (χ2v) is 3.27. The Kier molecular flexibility index (Phi) is 2.03. The van der Waals surface area contributed by atoms with Gasteiger partial charge in [0.15, 0.2) is 0 Å². The molecule has 1 heterocycles. The Bertz CT molecular complexity index is 229. The van der Waals surface area contributed by atoms with Crippen LogP contribution in [0.15, 0.2) is 22.5 Å². The number of rotatable bonds is 1. The minimum absolute atomic E-state index is 0.378. The van der Waals surface area contributed by atoms with E-state index in [0.29, 0.717) is 4.88 Å². The molecule has 3 heteroatoms. The average Bonchev–Trinajstić information content (AvgIpc) is 2.13. The standard InChI is InChI=1S/C6H4BrFS/c1-4(8)6-5(7)2-3-9-6/h2-3H,1H2. The largest absolute Gasteiger partial charge is 0.206 e. The summed E-state index contributed by atoms with van der Waals surface area (Å²) >= 11 is 4.51. The second kappa shape index (κ2) is 2.62. The fraction of sp³-hybridized carbons (Fsp3) is 0. The molecule has 0 nitrogen and oxygen atoms in total. The van der Waals surface area contributed by atoms with Gasteiger partial charge in [-0.3, -0.25) is 0 Å². The lowest BCUT2D eigenvalue weighted by Gasteiger charge is -1.87. The molecule has 1 aromatic heterocycles. The van der Waals surface area contributed by atoms with Gasteiger partial charge in [-0.2, -0.15) is 0 Å². The highest BCUT2D eigenvalue weighted by Gasteiger charge is 2.02. The van der Waals surface area contributed by atoms with E-state index in [9.17, 15) is 4.39 Å². The Hall–Kier alpha value is -0.150. The topological polar surface area (TPSA) is 0 Å². The molecule has 0 aliphatic carbocycles. The second-order valence-electron chi connectivity index (χ2n) is 1.50. The van der Waals surface area contributed by atoms with Crippen LogP contribution in [-0.2, 0) is 0 Å². The monoisotopic (exact) mass is 206 g/mol. The van der Waals surface area contributed by atoms with Crippen molar-refractivity contribution < 1.29 is 4.39 Å². The summed E-state index contributed by atoms with van der Waals surface area (Å²) in [6, 6.07) is 1.80. The molecule has 0 aliphatic rings. The lowest BCUT2D eigenvalue weighted by molar-refractivity contribution is 0.766. The van der Waals surface area contributed by atoms with Crippen molar-refractivity contribution in [3.05, 3.63) is 27.4 Å². The number of hydrogen-bond donors (Lipinski definition) is 0. The van der Waals surface area contributed by atoms with Gasteiger partial charge in [0, 0.05) is 4.47 Å². The van der Waals surface area contributed by atoms with Gasteiger partial charge in [0.2, 0.25) is 0 Å². The Morgan fingerprint density at radius 2 is 2.44 bits per heavy atom. The van der Waals surface area contributed by atoms with Crippen molar-refractivity contribution >= 4 is 33.1 Å². The van der Waals surface area contributed by atoms with Crippen LogP contribution in [0.3, 0.4) is 0 Å². The minimum Gasteiger partial charge on any atom is -0.206 e. The van der Waals surface area contributed by atoms with Gasteiger partial charge < -0.3 is 0 Å². The average molecular weight is 207 g/mol. The van der Waals surface area contributed by atoms with E-state index in [2.05, 4.69) is 22.5 Å². The predicted octanol–water partition coefficient (Wildman–Crippen LogP) is 3.45. The first kappa shape index (κ1) is 6.96. The van der Waals surface area contributed by atoms with Crippen LogP contribution >= 0.6 is 27.3 Å². The van der Waals surface area contributed by atoms with E-state index >= 15 is 0 Å². The Morgan fingerprint density at radius 3 is 2.67 bits per heavy atom. The lowest BCUT2D eigenvalue weighted by atomic mass is 10.4. The molecule has 0 saturated heterocycles. The van der Waals surface area contributed by atoms with Crippen molar-refractivity contribution in [2.24, 2.45) is 0 Å². The summed E-state index contributed by atoms with van der Waals surface area (Å²) in [5.41, 5.74) is 0. The first-order chi connectivity index (χ1) is 4.22. The van der Waals surface area contributed by atoms with E-state index < -0.39 is 0 Å². The van der Waals surface area contributed by atoms with Gasteiger partial charge in [0.25, 0.3) is 0 Å². The molecule has 9 heavy (non-hydrogen) atoms. The summed E-state index contributed by atoms with van der Waals surface area (Å²) in [5.74, 6) is -0.378. The molecule has 0 fully saturated rings. The highest BCUT2D eigenvalue weighted by atomic mass is 79.9. The van der Waals surface area contributed by atoms with Gasteiger partial charge in [-0.1, -0.05) is 6.58 Å². The normalized spacial score (nSPS) is 9.56. The molecule has 0 radical (unpaired) electrons. The number of thiophene rings is 1. The fourth-order valence-electron chi connectivity index (χ4n) is 0.487. The number of hydrogen-bond acceptors (Lipinski definition) is 1. The molecule has 0 spiro atoms. The van der Waals surface area contributed by atoms with Gasteiger partial charge in [-0.25, -0.2) is 4.39 Å².